The Kier molecular flexibility index (Phi) is 6.11. The van der Waals surface area contributed by atoms with Crippen LogP contribution in [0.5, 0.6) is 0 Å². The van der Waals surface area contributed by atoms with Gasteiger partial charge < -0.3 is 9.88 Å². The van der Waals surface area contributed by atoms with Gasteiger partial charge in [-0.1, -0.05) is 16.8 Å². The molecule has 1 aliphatic heterocycles. The Balaban J connectivity index is 0.00000210. The number of hydrogen-bond acceptors (Lipinski definition) is 5. The molecule has 3 heterocycles. The van der Waals surface area contributed by atoms with Crippen LogP contribution >= 0.6 is 24.0 Å². The number of rotatable bonds is 4. The van der Waals surface area contributed by atoms with E-state index in [1.54, 1.807) is 10.7 Å². The Bertz CT molecular complexity index is 910. The Hall–Kier alpha value is -2.00. The van der Waals surface area contributed by atoms with Gasteiger partial charge in [-0.25, -0.2) is 14.1 Å². The fourth-order valence-electron chi connectivity index (χ4n) is 3.25. The highest BCUT2D eigenvalue weighted by atomic mass is 35.5. The highest BCUT2D eigenvalue weighted by molar-refractivity contribution is 6.32. The third-order valence-corrected chi connectivity index (χ3v) is 4.88. The molecule has 1 fully saturated rings. The van der Waals surface area contributed by atoms with Gasteiger partial charge in [-0.2, -0.15) is 0 Å². The lowest BCUT2D eigenvalue weighted by Crippen LogP contribution is -2.46. The van der Waals surface area contributed by atoms with Crippen molar-refractivity contribution in [1.82, 2.24) is 34.8 Å². The molecule has 1 N–H and O–H groups in total. The van der Waals surface area contributed by atoms with E-state index in [9.17, 15) is 4.39 Å². The van der Waals surface area contributed by atoms with E-state index in [0.717, 1.165) is 31.2 Å². The van der Waals surface area contributed by atoms with Crippen LogP contribution in [-0.2, 0) is 13.6 Å². The monoisotopic (exact) mass is 411 g/mol. The zero-order valence-electron chi connectivity index (χ0n) is 14.7. The fraction of sp³-hybridized carbons (Fsp3) is 0.353. The molecule has 0 spiro atoms. The molecule has 0 amide bonds. The number of halogens is 3. The number of benzene rings is 1. The first-order chi connectivity index (χ1) is 12.6. The Morgan fingerprint density at radius 2 is 2.22 bits per heavy atom. The highest BCUT2D eigenvalue weighted by Crippen LogP contribution is 2.24. The number of aromatic nitrogens is 5. The van der Waals surface area contributed by atoms with E-state index in [0.29, 0.717) is 17.3 Å². The molecular weight excluding hydrogens is 392 g/mol. The second-order valence-electron chi connectivity index (χ2n) is 6.34. The molecule has 3 aromatic rings. The van der Waals surface area contributed by atoms with Crippen molar-refractivity contribution >= 4 is 24.0 Å². The second kappa shape index (κ2) is 8.35. The molecule has 0 radical (unpaired) electrons. The summed E-state index contributed by atoms with van der Waals surface area (Å²) in [5.41, 5.74) is 1.43. The maximum atomic E-state index is 13.2. The number of piperazine rings is 1. The van der Waals surface area contributed by atoms with Crippen LogP contribution in [0.2, 0.25) is 5.02 Å². The number of hydrogen-bond donors (Lipinski definition) is 1. The first-order valence-corrected chi connectivity index (χ1v) is 8.78. The van der Waals surface area contributed by atoms with Crippen LogP contribution in [0.25, 0.3) is 5.69 Å². The third-order valence-electron chi connectivity index (χ3n) is 4.57. The molecule has 0 saturated carbocycles. The molecule has 1 unspecified atom stereocenters. The minimum Gasteiger partial charge on any atom is -0.337 e. The van der Waals surface area contributed by atoms with Crippen molar-refractivity contribution < 1.29 is 4.39 Å². The van der Waals surface area contributed by atoms with Gasteiger partial charge in [0.15, 0.2) is 0 Å². The van der Waals surface area contributed by atoms with Crippen LogP contribution in [0.15, 0.2) is 36.8 Å². The lowest BCUT2D eigenvalue weighted by molar-refractivity contribution is 0.143. The summed E-state index contributed by atoms with van der Waals surface area (Å²) in [6, 6.07) is 4.39. The van der Waals surface area contributed by atoms with E-state index in [4.69, 9.17) is 11.6 Å². The third kappa shape index (κ3) is 4.14. The zero-order chi connectivity index (χ0) is 18.1. The SMILES string of the molecule is Cl.Cn1ccnc1C1CNCCN1Cc1cn(-c2ccc(F)cc2Cl)nn1. The van der Waals surface area contributed by atoms with Gasteiger partial charge in [0.2, 0.25) is 0 Å². The van der Waals surface area contributed by atoms with Gasteiger partial charge in [-0.05, 0) is 18.2 Å². The van der Waals surface area contributed by atoms with Crippen molar-refractivity contribution in [3.63, 3.8) is 0 Å². The topological polar surface area (TPSA) is 63.8 Å². The van der Waals surface area contributed by atoms with Gasteiger partial charge in [0.25, 0.3) is 0 Å². The number of nitrogens with one attached hydrogen (secondary N) is 1. The van der Waals surface area contributed by atoms with Gasteiger partial charge in [-0.15, -0.1) is 17.5 Å². The summed E-state index contributed by atoms with van der Waals surface area (Å²) in [6.45, 7) is 3.29. The second-order valence-corrected chi connectivity index (χ2v) is 6.74. The lowest BCUT2D eigenvalue weighted by atomic mass is 10.1. The average molecular weight is 412 g/mol. The summed E-state index contributed by atoms with van der Waals surface area (Å²) in [4.78, 5) is 6.82. The van der Waals surface area contributed by atoms with Crippen molar-refractivity contribution in [2.45, 2.75) is 12.6 Å². The molecule has 1 atom stereocenters. The van der Waals surface area contributed by atoms with Crippen LogP contribution in [0.1, 0.15) is 17.6 Å². The highest BCUT2D eigenvalue weighted by Gasteiger charge is 2.27. The molecule has 10 heteroatoms. The normalized spacial score (nSPS) is 17.7. The summed E-state index contributed by atoms with van der Waals surface area (Å²) in [7, 11) is 2.00. The summed E-state index contributed by atoms with van der Waals surface area (Å²) < 4.78 is 16.9. The molecular formula is C17H20Cl2FN7. The number of aryl methyl sites for hydroxylation is 1. The maximum absolute atomic E-state index is 13.2. The minimum atomic E-state index is -0.377. The van der Waals surface area contributed by atoms with Crippen LogP contribution < -0.4 is 5.32 Å². The van der Waals surface area contributed by atoms with Crippen molar-refractivity contribution in [2.75, 3.05) is 19.6 Å². The van der Waals surface area contributed by atoms with E-state index in [1.807, 2.05) is 30.2 Å². The molecule has 144 valence electrons. The van der Waals surface area contributed by atoms with Crippen molar-refractivity contribution in [3.05, 3.63) is 59.1 Å². The predicted octanol–water partition coefficient (Wildman–Crippen LogP) is 2.36. The molecule has 27 heavy (non-hydrogen) atoms. The van der Waals surface area contributed by atoms with E-state index >= 15 is 0 Å². The van der Waals surface area contributed by atoms with E-state index in [2.05, 4.69) is 25.5 Å². The van der Waals surface area contributed by atoms with Crippen LogP contribution in [-0.4, -0.2) is 49.1 Å². The van der Waals surface area contributed by atoms with E-state index in [-0.39, 0.29) is 24.3 Å². The summed E-state index contributed by atoms with van der Waals surface area (Å²) in [5.74, 6) is 0.643. The molecule has 7 nitrogen and oxygen atoms in total. The molecule has 4 rings (SSSR count). The van der Waals surface area contributed by atoms with Crippen molar-refractivity contribution in [2.24, 2.45) is 7.05 Å². The summed E-state index contributed by atoms with van der Waals surface area (Å²) in [6.07, 6.45) is 5.60. The Labute approximate surface area is 167 Å². The fourth-order valence-corrected chi connectivity index (χ4v) is 3.51. The average Bonchev–Trinajstić information content (AvgIpc) is 3.25. The quantitative estimate of drug-likeness (QED) is 0.713. The Morgan fingerprint density at radius 3 is 2.96 bits per heavy atom. The molecule has 1 aliphatic rings. The van der Waals surface area contributed by atoms with Gasteiger partial charge in [-0.3, -0.25) is 4.90 Å². The number of nitrogens with zero attached hydrogens (tertiary/aromatic N) is 6. The maximum Gasteiger partial charge on any atom is 0.127 e. The largest absolute Gasteiger partial charge is 0.337 e. The van der Waals surface area contributed by atoms with Gasteiger partial charge in [0, 0.05) is 45.6 Å². The lowest BCUT2D eigenvalue weighted by Gasteiger charge is -2.35. The Morgan fingerprint density at radius 1 is 1.37 bits per heavy atom. The van der Waals surface area contributed by atoms with Crippen LogP contribution in [0.3, 0.4) is 0 Å². The zero-order valence-corrected chi connectivity index (χ0v) is 16.3. The van der Waals surface area contributed by atoms with Crippen molar-refractivity contribution in [1.29, 1.82) is 0 Å². The van der Waals surface area contributed by atoms with E-state index < -0.39 is 0 Å². The van der Waals surface area contributed by atoms with Gasteiger partial charge in [0.05, 0.1) is 28.6 Å². The standard InChI is InChI=1S/C17H19ClFN7.ClH/c1-24-6-5-21-17(24)16-9-20-4-7-25(16)10-13-11-26(23-22-13)15-3-2-12(19)8-14(15)18;/h2-3,5-6,8,11,16,20H,4,7,9-10H2,1H3;1H. The molecule has 0 bridgehead atoms. The molecule has 0 aliphatic carbocycles. The van der Waals surface area contributed by atoms with Crippen LogP contribution in [0.4, 0.5) is 4.39 Å². The van der Waals surface area contributed by atoms with Crippen molar-refractivity contribution in [3.8, 4) is 5.69 Å². The summed E-state index contributed by atoms with van der Waals surface area (Å²) >= 11 is 6.12. The van der Waals surface area contributed by atoms with Gasteiger partial charge in [0.1, 0.15) is 11.6 Å². The molecule has 1 saturated heterocycles. The minimum absolute atomic E-state index is 0. The number of imidazole rings is 1. The summed E-state index contributed by atoms with van der Waals surface area (Å²) in [5, 5.41) is 12.1. The van der Waals surface area contributed by atoms with E-state index in [1.165, 1.54) is 12.1 Å². The molecule has 2 aromatic heterocycles. The van der Waals surface area contributed by atoms with Crippen LogP contribution in [0, 0.1) is 5.82 Å². The smallest absolute Gasteiger partial charge is 0.127 e. The first kappa shape index (κ1) is 19.8. The predicted molar refractivity (Wildman–Crippen MR) is 103 cm³/mol. The van der Waals surface area contributed by atoms with Gasteiger partial charge >= 0.3 is 0 Å². The first-order valence-electron chi connectivity index (χ1n) is 8.40. The molecule has 1 aromatic carbocycles.